The highest BCUT2D eigenvalue weighted by Crippen LogP contribution is 2.29. The average molecular weight is 371 g/mol. The Bertz CT molecular complexity index is 592. The monoisotopic (exact) mass is 369 g/mol. The van der Waals surface area contributed by atoms with Gasteiger partial charge in [-0.25, -0.2) is 0 Å². The first kappa shape index (κ1) is 16.3. The third-order valence-electron chi connectivity index (χ3n) is 2.85. The minimum Gasteiger partial charge on any atom is -0.457 e. The van der Waals surface area contributed by atoms with Crippen LogP contribution >= 0.6 is 27.5 Å². The summed E-state index contributed by atoms with van der Waals surface area (Å²) in [6.45, 7) is 2.19. The van der Waals surface area contributed by atoms with Crippen LogP contribution in [0.1, 0.15) is 5.56 Å². The summed E-state index contributed by atoms with van der Waals surface area (Å²) in [5.41, 5.74) is 1.08. The second-order valence-corrected chi connectivity index (χ2v) is 5.83. The number of ether oxygens (including phenoxy) is 2. The highest BCUT2D eigenvalue weighted by Gasteiger charge is 2.06. The molecule has 0 atom stereocenters. The number of hydrogen-bond acceptors (Lipinski definition) is 3. The third kappa shape index (κ3) is 5.32. The van der Waals surface area contributed by atoms with Gasteiger partial charge in [-0.3, -0.25) is 0 Å². The van der Waals surface area contributed by atoms with Crippen LogP contribution in [0.3, 0.4) is 0 Å². The Hall–Kier alpha value is -1.07. The van der Waals surface area contributed by atoms with Gasteiger partial charge in [-0.05, 0) is 30.3 Å². The summed E-state index contributed by atoms with van der Waals surface area (Å²) in [4.78, 5) is 0. The Morgan fingerprint density at radius 2 is 2.05 bits per heavy atom. The predicted octanol–water partition coefficient (Wildman–Crippen LogP) is 4.63. The lowest BCUT2D eigenvalue weighted by Crippen LogP contribution is -2.18. The molecule has 0 aliphatic heterocycles. The maximum Gasteiger partial charge on any atom is 0.133 e. The molecule has 0 fully saturated rings. The number of rotatable bonds is 7. The second-order valence-electron chi connectivity index (χ2n) is 4.48. The van der Waals surface area contributed by atoms with E-state index in [1.807, 2.05) is 36.4 Å². The molecule has 0 aromatic heterocycles. The lowest BCUT2D eigenvalue weighted by atomic mass is 10.2. The van der Waals surface area contributed by atoms with E-state index in [1.54, 1.807) is 13.2 Å². The van der Waals surface area contributed by atoms with E-state index in [-0.39, 0.29) is 0 Å². The van der Waals surface area contributed by atoms with Crippen LogP contribution in [0.25, 0.3) is 0 Å². The molecule has 0 saturated carbocycles. The predicted molar refractivity (Wildman–Crippen MR) is 89.3 cm³/mol. The van der Waals surface area contributed by atoms with E-state index in [4.69, 9.17) is 21.1 Å². The van der Waals surface area contributed by atoms with Crippen LogP contribution in [0.5, 0.6) is 11.5 Å². The van der Waals surface area contributed by atoms with Crippen LogP contribution in [0.15, 0.2) is 46.9 Å². The average Bonchev–Trinajstić information content (AvgIpc) is 2.45. The van der Waals surface area contributed by atoms with Crippen LogP contribution in [0, 0.1) is 0 Å². The van der Waals surface area contributed by atoms with E-state index in [0.29, 0.717) is 18.2 Å². The molecule has 5 heteroatoms. The maximum atomic E-state index is 5.99. The molecule has 2 rings (SSSR count). The molecular formula is C16H17BrClNO2. The smallest absolute Gasteiger partial charge is 0.133 e. The molecule has 0 bridgehead atoms. The van der Waals surface area contributed by atoms with Gasteiger partial charge in [-0.15, -0.1) is 0 Å². The minimum atomic E-state index is 0.655. The van der Waals surface area contributed by atoms with Gasteiger partial charge in [0.2, 0.25) is 0 Å². The quantitative estimate of drug-likeness (QED) is 0.721. The van der Waals surface area contributed by atoms with Gasteiger partial charge >= 0.3 is 0 Å². The fraction of sp³-hybridized carbons (Fsp3) is 0.250. The lowest BCUT2D eigenvalue weighted by molar-refractivity contribution is 0.199. The third-order valence-corrected chi connectivity index (χ3v) is 3.58. The van der Waals surface area contributed by atoms with Crippen molar-refractivity contribution in [2.24, 2.45) is 0 Å². The van der Waals surface area contributed by atoms with E-state index >= 15 is 0 Å². The van der Waals surface area contributed by atoms with Crippen molar-refractivity contribution in [3.05, 3.63) is 57.5 Å². The number of methoxy groups -OCH3 is 1. The molecule has 0 unspecified atom stereocenters. The molecule has 0 aliphatic rings. The van der Waals surface area contributed by atoms with Gasteiger partial charge in [0.15, 0.2) is 0 Å². The van der Waals surface area contributed by atoms with Gasteiger partial charge < -0.3 is 14.8 Å². The van der Waals surface area contributed by atoms with Crippen molar-refractivity contribution in [3.63, 3.8) is 0 Å². The molecule has 21 heavy (non-hydrogen) atoms. The SMILES string of the molecule is COCCNCc1ccc(Br)cc1Oc1cccc(Cl)c1. The van der Waals surface area contributed by atoms with Crippen molar-refractivity contribution in [2.45, 2.75) is 6.54 Å². The van der Waals surface area contributed by atoms with Crippen molar-refractivity contribution >= 4 is 27.5 Å². The van der Waals surface area contributed by atoms with Crippen LogP contribution in [-0.2, 0) is 11.3 Å². The summed E-state index contributed by atoms with van der Waals surface area (Å²) >= 11 is 9.46. The number of benzene rings is 2. The molecular weight excluding hydrogens is 354 g/mol. The molecule has 1 N–H and O–H groups in total. The van der Waals surface area contributed by atoms with E-state index in [1.165, 1.54) is 0 Å². The highest BCUT2D eigenvalue weighted by molar-refractivity contribution is 9.10. The maximum absolute atomic E-state index is 5.99. The molecule has 2 aromatic carbocycles. The molecule has 0 saturated heterocycles. The molecule has 0 amide bonds. The summed E-state index contributed by atoms with van der Waals surface area (Å²) in [5, 5.41) is 3.97. The van der Waals surface area contributed by atoms with E-state index in [0.717, 1.165) is 28.1 Å². The fourth-order valence-electron chi connectivity index (χ4n) is 1.82. The lowest BCUT2D eigenvalue weighted by Gasteiger charge is -2.13. The van der Waals surface area contributed by atoms with Gasteiger partial charge in [0.1, 0.15) is 11.5 Å². The summed E-state index contributed by atoms with van der Waals surface area (Å²) in [6, 6.07) is 13.4. The normalized spacial score (nSPS) is 10.6. The zero-order chi connectivity index (χ0) is 15.1. The summed E-state index contributed by atoms with van der Waals surface area (Å²) in [6.07, 6.45) is 0. The summed E-state index contributed by atoms with van der Waals surface area (Å²) in [7, 11) is 1.69. The van der Waals surface area contributed by atoms with Crippen LogP contribution in [0.2, 0.25) is 5.02 Å². The topological polar surface area (TPSA) is 30.5 Å². The molecule has 2 aromatic rings. The molecule has 3 nitrogen and oxygen atoms in total. The molecule has 0 heterocycles. The number of nitrogens with one attached hydrogen (secondary N) is 1. The van der Waals surface area contributed by atoms with E-state index in [9.17, 15) is 0 Å². The van der Waals surface area contributed by atoms with E-state index < -0.39 is 0 Å². The summed E-state index contributed by atoms with van der Waals surface area (Å²) < 4.78 is 11.9. The Labute approximate surface area is 138 Å². The zero-order valence-corrected chi connectivity index (χ0v) is 14.1. The Balaban J connectivity index is 2.11. The number of hydrogen-bond donors (Lipinski definition) is 1. The largest absolute Gasteiger partial charge is 0.457 e. The van der Waals surface area contributed by atoms with Crippen LogP contribution in [-0.4, -0.2) is 20.3 Å². The molecule has 112 valence electrons. The fourth-order valence-corrected chi connectivity index (χ4v) is 2.34. The number of halogens is 2. The van der Waals surface area contributed by atoms with Crippen LogP contribution < -0.4 is 10.1 Å². The van der Waals surface area contributed by atoms with Crippen molar-refractivity contribution in [2.75, 3.05) is 20.3 Å². The van der Waals surface area contributed by atoms with Gasteiger partial charge in [0.25, 0.3) is 0 Å². The summed E-state index contributed by atoms with van der Waals surface area (Å²) in [5.74, 6) is 1.52. The van der Waals surface area contributed by atoms with Gasteiger partial charge in [0.05, 0.1) is 6.61 Å². The first-order valence-electron chi connectivity index (χ1n) is 6.60. The molecule has 0 radical (unpaired) electrons. The van der Waals surface area contributed by atoms with Gasteiger partial charge in [0, 0.05) is 35.3 Å². The first-order valence-corrected chi connectivity index (χ1v) is 7.77. The van der Waals surface area contributed by atoms with Crippen LogP contribution in [0.4, 0.5) is 0 Å². The van der Waals surface area contributed by atoms with Crippen molar-refractivity contribution < 1.29 is 9.47 Å². The Morgan fingerprint density at radius 3 is 2.81 bits per heavy atom. The van der Waals surface area contributed by atoms with Gasteiger partial charge in [-0.2, -0.15) is 0 Å². The molecule has 0 spiro atoms. The van der Waals surface area contributed by atoms with E-state index in [2.05, 4.69) is 21.2 Å². The van der Waals surface area contributed by atoms with Crippen molar-refractivity contribution in [1.82, 2.24) is 5.32 Å². The molecule has 0 aliphatic carbocycles. The second kappa shape index (κ2) is 8.39. The zero-order valence-electron chi connectivity index (χ0n) is 11.7. The van der Waals surface area contributed by atoms with Crippen molar-refractivity contribution in [3.8, 4) is 11.5 Å². The Kier molecular flexibility index (Phi) is 6.51. The van der Waals surface area contributed by atoms with Gasteiger partial charge in [-0.1, -0.05) is 39.7 Å². The standard InChI is InChI=1S/C16H17BrClNO2/c1-20-8-7-19-11-12-5-6-13(17)9-16(12)21-15-4-2-3-14(18)10-15/h2-6,9-10,19H,7-8,11H2,1H3. The highest BCUT2D eigenvalue weighted by atomic mass is 79.9. The Morgan fingerprint density at radius 1 is 1.19 bits per heavy atom. The minimum absolute atomic E-state index is 0.655. The van der Waals surface area contributed by atoms with Crippen molar-refractivity contribution in [1.29, 1.82) is 0 Å². The first-order chi connectivity index (χ1) is 10.2.